The molecule has 8 nitrogen and oxygen atoms in total. The van der Waals surface area contributed by atoms with Crippen molar-refractivity contribution in [1.82, 2.24) is 9.80 Å². The molecule has 1 aliphatic rings. The van der Waals surface area contributed by atoms with E-state index in [-0.39, 0.29) is 11.3 Å². The van der Waals surface area contributed by atoms with Crippen molar-refractivity contribution in [3.8, 4) is 17.2 Å². The van der Waals surface area contributed by atoms with Crippen molar-refractivity contribution < 1.29 is 28.9 Å². The number of likely N-dealkylation sites (N-methyl/N-ethyl adjacent to an activating group) is 1. The molecule has 1 saturated heterocycles. The van der Waals surface area contributed by atoms with Crippen molar-refractivity contribution in [2.24, 2.45) is 0 Å². The van der Waals surface area contributed by atoms with Gasteiger partial charge in [-0.15, -0.1) is 0 Å². The topological polar surface area (TPSA) is 88.5 Å². The first-order valence-corrected chi connectivity index (χ1v) is 12.7. The van der Waals surface area contributed by atoms with E-state index in [1.165, 1.54) is 26.2 Å². The highest BCUT2D eigenvalue weighted by molar-refractivity contribution is 6.46. The number of carbonyl (C=O) groups excluding carboxylic acids is 2. The number of aliphatic hydroxyl groups excluding tert-OH is 1. The lowest BCUT2D eigenvalue weighted by molar-refractivity contribution is -0.140. The van der Waals surface area contributed by atoms with E-state index in [1.807, 2.05) is 36.4 Å². The zero-order valence-corrected chi connectivity index (χ0v) is 22.5. The van der Waals surface area contributed by atoms with Gasteiger partial charge in [0, 0.05) is 18.7 Å². The maximum atomic E-state index is 13.6. The molecule has 1 amide bonds. The maximum Gasteiger partial charge on any atom is 0.295 e. The number of fused-ring (bicyclic) bond motifs is 1. The van der Waals surface area contributed by atoms with Crippen LogP contribution in [0.5, 0.6) is 17.2 Å². The summed E-state index contributed by atoms with van der Waals surface area (Å²) >= 11 is 0. The number of hydrogen-bond acceptors (Lipinski definition) is 7. The molecule has 1 aliphatic heterocycles. The minimum Gasteiger partial charge on any atom is -0.507 e. The van der Waals surface area contributed by atoms with E-state index >= 15 is 0 Å². The van der Waals surface area contributed by atoms with Crippen molar-refractivity contribution >= 4 is 28.2 Å². The van der Waals surface area contributed by atoms with Crippen LogP contribution in [-0.4, -0.2) is 74.1 Å². The molecule has 8 heteroatoms. The second kappa shape index (κ2) is 11.6. The van der Waals surface area contributed by atoms with Crippen LogP contribution in [0.15, 0.2) is 60.2 Å². The summed E-state index contributed by atoms with van der Waals surface area (Å²) < 4.78 is 16.6. The molecule has 1 atom stereocenters. The molecule has 0 aliphatic carbocycles. The van der Waals surface area contributed by atoms with Crippen LogP contribution < -0.4 is 14.2 Å². The summed E-state index contributed by atoms with van der Waals surface area (Å²) in [5.41, 5.74) is 1.09. The first-order valence-electron chi connectivity index (χ1n) is 12.7. The average molecular weight is 519 g/mol. The highest BCUT2D eigenvalue weighted by Crippen LogP contribution is 2.46. The summed E-state index contributed by atoms with van der Waals surface area (Å²) in [4.78, 5) is 30.7. The standard InChI is InChI=1S/C30H34N2O6/c1-6-31(7-2)15-16-32-26(20-17-23(36-3)29(38-5)24(18-20)37-4)25(28(34)30(32)35)27(33)22-14-10-12-19-11-8-9-13-21(19)22/h8-14,17-18,26,33H,6-7,15-16H2,1-5H3/b27-25+. The molecule has 3 aromatic rings. The lowest BCUT2D eigenvalue weighted by Gasteiger charge is -2.29. The van der Waals surface area contributed by atoms with Crippen molar-refractivity contribution in [2.75, 3.05) is 47.5 Å². The Hall–Kier alpha value is -4.04. The molecule has 4 rings (SSSR count). The number of nitrogens with zero attached hydrogens (tertiary/aromatic N) is 2. The number of ether oxygens (including phenoxy) is 3. The number of Topliss-reactive ketones (excluding diaryl/α,β-unsaturated/α-hetero) is 1. The fraction of sp³-hybridized carbons (Fsp3) is 0.333. The third-order valence-corrected chi connectivity index (χ3v) is 7.14. The van der Waals surface area contributed by atoms with Crippen LogP contribution in [0, 0.1) is 0 Å². The molecule has 0 saturated carbocycles. The fourth-order valence-electron chi connectivity index (χ4n) is 5.08. The first kappa shape index (κ1) is 27.0. The van der Waals surface area contributed by atoms with Gasteiger partial charge in [0.2, 0.25) is 5.75 Å². The van der Waals surface area contributed by atoms with Crippen LogP contribution in [0.4, 0.5) is 0 Å². The smallest absolute Gasteiger partial charge is 0.295 e. The molecule has 1 heterocycles. The highest BCUT2D eigenvalue weighted by atomic mass is 16.5. The van der Waals surface area contributed by atoms with Gasteiger partial charge in [-0.2, -0.15) is 0 Å². The molecule has 0 aromatic heterocycles. The Kier molecular flexibility index (Phi) is 8.22. The van der Waals surface area contributed by atoms with Gasteiger partial charge in [0.05, 0.1) is 32.9 Å². The Balaban J connectivity index is 1.95. The molecule has 200 valence electrons. The van der Waals surface area contributed by atoms with Crippen molar-refractivity contribution in [2.45, 2.75) is 19.9 Å². The number of hydrogen-bond donors (Lipinski definition) is 1. The molecule has 38 heavy (non-hydrogen) atoms. The van der Waals surface area contributed by atoms with Crippen molar-refractivity contribution in [3.63, 3.8) is 0 Å². The molecule has 1 unspecified atom stereocenters. The van der Waals surface area contributed by atoms with Gasteiger partial charge < -0.3 is 29.1 Å². The van der Waals surface area contributed by atoms with Crippen LogP contribution in [0.1, 0.15) is 31.0 Å². The number of methoxy groups -OCH3 is 3. The average Bonchev–Trinajstić information content (AvgIpc) is 3.21. The second-order valence-electron chi connectivity index (χ2n) is 9.00. The lowest BCUT2D eigenvalue weighted by Crippen LogP contribution is -2.38. The third-order valence-electron chi connectivity index (χ3n) is 7.14. The normalized spacial score (nSPS) is 16.9. The second-order valence-corrected chi connectivity index (χ2v) is 9.00. The van der Waals surface area contributed by atoms with E-state index in [9.17, 15) is 14.7 Å². The number of rotatable bonds is 10. The summed E-state index contributed by atoms with van der Waals surface area (Å²) in [5, 5.41) is 13.4. The zero-order chi connectivity index (χ0) is 27.4. The predicted molar refractivity (Wildman–Crippen MR) is 147 cm³/mol. The molecule has 3 aromatic carbocycles. The van der Waals surface area contributed by atoms with Crippen molar-refractivity contribution in [1.29, 1.82) is 0 Å². The summed E-state index contributed by atoms with van der Waals surface area (Å²) in [6.07, 6.45) is 0. The maximum absolute atomic E-state index is 13.6. The van der Waals surface area contributed by atoms with E-state index in [0.29, 0.717) is 41.5 Å². The minimum atomic E-state index is -0.849. The van der Waals surface area contributed by atoms with Gasteiger partial charge in [0.15, 0.2) is 11.5 Å². The van der Waals surface area contributed by atoms with Gasteiger partial charge in [-0.1, -0.05) is 56.3 Å². The summed E-state index contributed by atoms with van der Waals surface area (Å²) in [6.45, 7) is 6.61. The molecular weight excluding hydrogens is 484 g/mol. The third kappa shape index (κ3) is 4.79. The minimum absolute atomic E-state index is 0.0279. The first-order chi connectivity index (χ1) is 18.4. The molecule has 0 bridgehead atoms. The molecular formula is C30H34N2O6. The number of amides is 1. The monoisotopic (exact) mass is 518 g/mol. The van der Waals surface area contributed by atoms with E-state index in [2.05, 4.69) is 18.7 Å². The molecule has 0 radical (unpaired) electrons. The van der Waals surface area contributed by atoms with Gasteiger partial charge in [-0.05, 0) is 41.6 Å². The van der Waals surface area contributed by atoms with Crippen LogP contribution >= 0.6 is 0 Å². The van der Waals surface area contributed by atoms with Gasteiger partial charge in [-0.3, -0.25) is 9.59 Å². The molecule has 0 spiro atoms. The van der Waals surface area contributed by atoms with Crippen LogP contribution in [0.2, 0.25) is 0 Å². The van der Waals surface area contributed by atoms with E-state index in [1.54, 1.807) is 18.2 Å². The van der Waals surface area contributed by atoms with Crippen molar-refractivity contribution in [3.05, 3.63) is 71.3 Å². The predicted octanol–water partition coefficient (Wildman–Crippen LogP) is 4.63. The Bertz CT molecular complexity index is 1350. The number of benzene rings is 3. The van der Waals surface area contributed by atoms with Gasteiger partial charge >= 0.3 is 0 Å². The van der Waals surface area contributed by atoms with E-state index in [4.69, 9.17) is 14.2 Å². The number of aliphatic hydroxyl groups is 1. The SMILES string of the molecule is CCN(CC)CCN1C(=O)C(=O)/C(=C(/O)c2cccc3ccccc23)C1c1cc(OC)c(OC)c(OC)c1. The van der Waals surface area contributed by atoms with E-state index < -0.39 is 17.7 Å². The van der Waals surface area contributed by atoms with Gasteiger partial charge in [0.1, 0.15) is 5.76 Å². The summed E-state index contributed by atoms with van der Waals surface area (Å²) in [5.74, 6) is -0.425. The Morgan fingerprint density at radius 2 is 1.55 bits per heavy atom. The Morgan fingerprint density at radius 1 is 0.921 bits per heavy atom. The van der Waals surface area contributed by atoms with Gasteiger partial charge in [0.25, 0.3) is 11.7 Å². The van der Waals surface area contributed by atoms with Crippen LogP contribution in [-0.2, 0) is 9.59 Å². The molecule has 1 N–H and O–H groups in total. The fourth-order valence-corrected chi connectivity index (χ4v) is 5.08. The quantitative estimate of drug-likeness (QED) is 0.238. The lowest BCUT2D eigenvalue weighted by atomic mass is 9.93. The van der Waals surface area contributed by atoms with Crippen LogP contribution in [0.3, 0.4) is 0 Å². The highest BCUT2D eigenvalue weighted by Gasteiger charge is 2.46. The largest absolute Gasteiger partial charge is 0.507 e. The number of likely N-dealkylation sites (tertiary alicyclic amines) is 1. The summed E-state index contributed by atoms with van der Waals surface area (Å²) in [7, 11) is 4.53. The zero-order valence-electron chi connectivity index (χ0n) is 22.5. The van der Waals surface area contributed by atoms with Crippen LogP contribution in [0.25, 0.3) is 16.5 Å². The Labute approximate surface area is 223 Å². The van der Waals surface area contributed by atoms with E-state index in [0.717, 1.165) is 23.9 Å². The summed E-state index contributed by atoms with van der Waals surface area (Å²) in [6, 6.07) is 15.7. The van der Waals surface area contributed by atoms with Gasteiger partial charge in [-0.25, -0.2) is 0 Å². The number of ketones is 1. The number of carbonyl (C=O) groups is 2. The molecule has 1 fully saturated rings. The Morgan fingerprint density at radius 3 is 2.16 bits per heavy atom.